The zero-order valence-corrected chi connectivity index (χ0v) is 14.9. The summed E-state index contributed by atoms with van der Waals surface area (Å²) >= 11 is 0. The Kier molecular flexibility index (Phi) is 5.30. The molecule has 2 nitrogen and oxygen atoms in total. The van der Waals surface area contributed by atoms with E-state index in [4.69, 9.17) is 9.73 Å². The van der Waals surface area contributed by atoms with Crippen LogP contribution in [0.2, 0.25) is 0 Å². The standard InChI is InChI=1S/C23H23NO/c1-17-9-14-23(18(2)15-17)19(3)24-16-20-10-12-22(13-11-20)25-21-7-5-4-6-8-21/h4-16,19H,1-3H3/b24-16+. The Morgan fingerprint density at radius 1 is 0.840 bits per heavy atom. The number of aliphatic imine (C=N–C) groups is 1. The molecule has 25 heavy (non-hydrogen) atoms. The van der Waals surface area contributed by atoms with E-state index in [1.165, 1.54) is 16.7 Å². The minimum absolute atomic E-state index is 0.140. The molecule has 0 N–H and O–H groups in total. The van der Waals surface area contributed by atoms with E-state index >= 15 is 0 Å². The molecule has 3 rings (SSSR count). The molecule has 0 aliphatic heterocycles. The molecule has 126 valence electrons. The SMILES string of the molecule is Cc1ccc(C(C)/N=C/c2ccc(Oc3ccccc3)cc2)c(C)c1. The second-order valence-electron chi connectivity index (χ2n) is 6.30. The van der Waals surface area contributed by atoms with Crippen molar-refractivity contribution in [2.24, 2.45) is 4.99 Å². The zero-order chi connectivity index (χ0) is 17.6. The van der Waals surface area contributed by atoms with Crippen molar-refractivity contribution in [3.05, 3.63) is 95.1 Å². The quantitative estimate of drug-likeness (QED) is 0.505. The number of hydrogen-bond donors (Lipinski definition) is 0. The Hall–Kier alpha value is -2.87. The first-order chi connectivity index (χ1) is 12.1. The Labute approximate surface area is 149 Å². The lowest BCUT2D eigenvalue weighted by Crippen LogP contribution is -1.95. The normalized spacial score (nSPS) is 12.3. The van der Waals surface area contributed by atoms with Crippen molar-refractivity contribution in [2.45, 2.75) is 26.8 Å². The largest absolute Gasteiger partial charge is 0.457 e. The Bertz CT molecular complexity index is 851. The molecule has 0 spiro atoms. The van der Waals surface area contributed by atoms with E-state index in [9.17, 15) is 0 Å². The van der Waals surface area contributed by atoms with Gasteiger partial charge in [-0.15, -0.1) is 0 Å². The number of para-hydroxylation sites is 1. The molecule has 0 bridgehead atoms. The highest BCUT2D eigenvalue weighted by atomic mass is 16.5. The molecule has 0 fully saturated rings. The van der Waals surface area contributed by atoms with Gasteiger partial charge in [-0.1, -0.05) is 42.0 Å². The van der Waals surface area contributed by atoms with Crippen LogP contribution >= 0.6 is 0 Å². The summed E-state index contributed by atoms with van der Waals surface area (Å²) in [6.45, 7) is 6.38. The lowest BCUT2D eigenvalue weighted by Gasteiger charge is -2.11. The van der Waals surface area contributed by atoms with Crippen LogP contribution in [0.4, 0.5) is 0 Å². The topological polar surface area (TPSA) is 21.6 Å². The molecule has 0 aromatic heterocycles. The minimum Gasteiger partial charge on any atom is -0.457 e. The molecule has 1 atom stereocenters. The maximum Gasteiger partial charge on any atom is 0.127 e. The van der Waals surface area contributed by atoms with E-state index in [0.29, 0.717) is 0 Å². The third kappa shape index (κ3) is 4.57. The fraction of sp³-hybridized carbons (Fsp3) is 0.174. The van der Waals surface area contributed by atoms with Gasteiger partial charge < -0.3 is 4.74 Å². The molecule has 0 heterocycles. The van der Waals surface area contributed by atoms with Gasteiger partial charge in [-0.25, -0.2) is 0 Å². The minimum atomic E-state index is 0.140. The van der Waals surface area contributed by atoms with E-state index in [2.05, 4.69) is 39.0 Å². The van der Waals surface area contributed by atoms with Crippen LogP contribution in [0.3, 0.4) is 0 Å². The Morgan fingerprint density at radius 2 is 1.52 bits per heavy atom. The maximum absolute atomic E-state index is 5.81. The lowest BCUT2D eigenvalue weighted by atomic mass is 10.0. The monoisotopic (exact) mass is 329 g/mol. The molecular formula is C23H23NO. The second kappa shape index (κ2) is 7.80. The zero-order valence-electron chi connectivity index (χ0n) is 14.9. The first kappa shape index (κ1) is 17.0. The van der Waals surface area contributed by atoms with Gasteiger partial charge in [0.2, 0.25) is 0 Å². The van der Waals surface area contributed by atoms with Gasteiger partial charge in [0, 0.05) is 6.21 Å². The number of rotatable bonds is 5. The van der Waals surface area contributed by atoms with Crippen molar-refractivity contribution >= 4 is 6.21 Å². The summed E-state index contributed by atoms with van der Waals surface area (Å²) < 4.78 is 5.81. The summed E-state index contributed by atoms with van der Waals surface area (Å²) in [7, 11) is 0. The van der Waals surface area contributed by atoms with Gasteiger partial charge >= 0.3 is 0 Å². The summed E-state index contributed by atoms with van der Waals surface area (Å²) in [5.74, 6) is 1.66. The molecule has 0 aliphatic carbocycles. The van der Waals surface area contributed by atoms with Gasteiger partial charge in [0.05, 0.1) is 6.04 Å². The van der Waals surface area contributed by atoms with E-state index in [1.807, 2.05) is 60.8 Å². The van der Waals surface area contributed by atoms with Crippen LogP contribution in [-0.4, -0.2) is 6.21 Å². The van der Waals surface area contributed by atoms with Crippen molar-refractivity contribution in [1.82, 2.24) is 0 Å². The molecule has 1 unspecified atom stereocenters. The summed E-state index contributed by atoms with van der Waals surface area (Å²) in [6, 6.07) is 24.4. The summed E-state index contributed by atoms with van der Waals surface area (Å²) in [4.78, 5) is 4.70. The maximum atomic E-state index is 5.81. The molecule has 3 aromatic carbocycles. The summed E-state index contributed by atoms with van der Waals surface area (Å²) in [5.41, 5.74) is 4.91. The highest BCUT2D eigenvalue weighted by Crippen LogP contribution is 2.23. The molecule has 0 amide bonds. The molecular weight excluding hydrogens is 306 g/mol. The number of hydrogen-bond acceptors (Lipinski definition) is 2. The van der Waals surface area contributed by atoms with Crippen molar-refractivity contribution in [3.63, 3.8) is 0 Å². The van der Waals surface area contributed by atoms with Crippen LogP contribution in [0.1, 0.15) is 35.2 Å². The van der Waals surface area contributed by atoms with Gasteiger partial charge in [-0.2, -0.15) is 0 Å². The average molecular weight is 329 g/mol. The third-order valence-electron chi connectivity index (χ3n) is 4.18. The molecule has 0 saturated carbocycles. The predicted octanol–water partition coefficient (Wildman–Crippen LogP) is 6.28. The first-order valence-corrected chi connectivity index (χ1v) is 8.55. The number of nitrogens with zero attached hydrogens (tertiary/aromatic N) is 1. The molecule has 0 saturated heterocycles. The van der Waals surface area contributed by atoms with E-state index in [0.717, 1.165) is 17.1 Å². The van der Waals surface area contributed by atoms with Crippen LogP contribution in [0.5, 0.6) is 11.5 Å². The fourth-order valence-electron chi connectivity index (χ4n) is 2.82. The third-order valence-corrected chi connectivity index (χ3v) is 4.18. The highest BCUT2D eigenvalue weighted by Gasteiger charge is 2.06. The van der Waals surface area contributed by atoms with Crippen molar-refractivity contribution in [3.8, 4) is 11.5 Å². The van der Waals surface area contributed by atoms with Crippen molar-refractivity contribution in [1.29, 1.82) is 0 Å². The van der Waals surface area contributed by atoms with Crippen LogP contribution < -0.4 is 4.74 Å². The average Bonchev–Trinajstić information content (AvgIpc) is 2.62. The van der Waals surface area contributed by atoms with E-state index < -0.39 is 0 Å². The van der Waals surface area contributed by atoms with Crippen LogP contribution in [0.25, 0.3) is 0 Å². The van der Waals surface area contributed by atoms with Gasteiger partial charge in [0.1, 0.15) is 11.5 Å². The van der Waals surface area contributed by atoms with Crippen molar-refractivity contribution < 1.29 is 4.74 Å². The first-order valence-electron chi connectivity index (χ1n) is 8.55. The summed E-state index contributed by atoms with van der Waals surface area (Å²) in [6.07, 6.45) is 1.93. The van der Waals surface area contributed by atoms with E-state index in [1.54, 1.807) is 0 Å². The highest BCUT2D eigenvalue weighted by molar-refractivity contribution is 5.80. The van der Waals surface area contributed by atoms with E-state index in [-0.39, 0.29) is 6.04 Å². The lowest BCUT2D eigenvalue weighted by molar-refractivity contribution is 0.482. The van der Waals surface area contributed by atoms with Crippen LogP contribution in [-0.2, 0) is 0 Å². The molecule has 3 aromatic rings. The summed E-state index contributed by atoms with van der Waals surface area (Å²) in [5, 5.41) is 0. The Balaban J connectivity index is 1.67. The second-order valence-corrected chi connectivity index (χ2v) is 6.30. The van der Waals surface area contributed by atoms with Crippen LogP contribution in [0.15, 0.2) is 77.8 Å². The van der Waals surface area contributed by atoms with Gasteiger partial charge in [-0.05, 0) is 73.9 Å². The van der Waals surface area contributed by atoms with Gasteiger partial charge in [0.15, 0.2) is 0 Å². The fourth-order valence-corrected chi connectivity index (χ4v) is 2.82. The molecule has 0 radical (unpaired) electrons. The number of aryl methyl sites for hydroxylation is 2. The van der Waals surface area contributed by atoms with Gasteiger partial charge in [0.25, 0.3) is 0 Å². The number of benzene rings is 3. The number of ether oxygens (including phenoxy) is 1. The van der Waals surface area contributed by atoms with Gasteiger partial charge in [-0.3, -0.25) is 4.99 Å². The van der Waals surface area contributed by atoms with Crippen molar-refractivity contribution in [2.75, 3.05) is 0 Å². The predicted molar refractivity (Wildman–Crippen MR) is 105 cm³/mol. The molecule has 2 heteroatoms. The molecule has 0 aliphatic rings. The smallest absolute Gasteiger partial charge is 0.127 e. The Morgan fingerprint density at radius 3 is 2.20 bits per heavy atom. The van der Waals surface area contributed by atoms with Crippen LogP contribution in [0, 0.1) is 13.8 Å².